The molecule has 0 radical (unpaired) electrons. The maximum atomic E-state index is 12.4. The summed E-state index contributed by atoms with van der Waals surface area (Å²) in [7, 11) is 1.60. The van der Waals surface area contributed by atoms with Crippen molar-refractivity contribution >= 4 is 0 Å². The molecule has 0 amide bonds. The zero-order valence-corrected chi connectivity index (χ0v) is 14.3. The van der Waals surface area contributed by atoms with Crippen LogP contribution in [0.25, 0.3) is 0 Å². The normalized spacial score (nSPS) is 10.6. The summed E-state index contributed by atoms with van der Waals surface area (Å²) in [5.41, 5.74) is 2.03. The highest BCUT2D eigenvalue weighted by Gasteiger charge is 2.06. The van der Waals surface area contributed by atoms with E-state index in [-0.39, 0.29) is 0 Å². The summed E-state index contributed by atoms with van der Waals surface area (Å²) < 4.78 is 7.99. The molecule has 1 aromatic heterocycles. The van der Waals surface area contributed by atoms with Crippen LogP contribution in [0.15, 0.2) is 70.5 Å². The fraction of sp³-hybridized carbons (Fsp3) is 0.200. The molecule has 5 heteroatoms. The van der Waals surface area contributed by atoms with Crippen molar-refractivity contribution in [1.29, 1.82) is 0 Å². The van der Waals surface area contributed by atoms with Gasteiger partial charge in [-0.2, -0.15) is 0 Å². The highest BCUT2D eigenvalue weighted by molar-refractivity contribution is 5.27. The average molecular weight is 336 g/mol. The largest absolute Gasteiger partial charge is 0.497 e. The zero-order chi connectivity index (χ0) is 17.8. The van der Waals surface area contributed by atoms with Crippen molar-refractivity contribution in [3.05, 3.63) is 98.3 Å². The maximum absolute atomic E-state index is 12.4. The molecule has 3 aromatic rings. The van der Waals surface area contributed by atoms with Crippen molar-refractivity contribution < 1.29 is 4.74 Å². The lowest BCUT2D eigenvalue weighted by molar-refractivity contribution is 0.414. The summed E-state index contributed by atoms with van der Waals surface area (Å²) in [5.74, 6) is 0.754. The van der Waals surface area contributed by atoms with E-state index in [1.807, 2.05) is 55.5 Å². The Bertz CT molecular complexity index is 968. The Morgan fingerprint density at radius 1 is 0.760 bits per heavy atom. The summed E-state index contributed by atoms with van der Waals surface area (Å²) in [6, 6.07) is 15.3. The third kappa shape index (κ3) is 3.88. The van der Waals surface area contributed by atoms with E-state index in [1.54, 1.807) is 19.5 Å². The fourth-order valence-electron chi connectivity index (χ4n) is 2.61. The van der Waals surface area contributed by atoms with Gasteiger partial charge in [-0.1, -0.05) is 42.0 Å². The Hall–Kier alpha value is -3.08. The molecule has 0 aliphatic heterocycles. The van der Waals surface area contributed by atoms with Crippen LogP contribution < -0.4 is 15.9 Å². The second-order valence-corrected chi connectivity index (χ2v) is 6.00. The van der Waals surface area contributed by atoms with Gasteiger partial charge in [0, 0.05) is 12.4 Å². The van der Waals surface area contributed by atoms with Crippen LogP contribution in [0, 0.1) is 6.92 Å². The molecule has 3 rings (SSSR count). The smallest absolute Gasteiger partial charge is 0.316 e. The summed E-state index contributed by atoms with van der Waals surface area (Å²) in [4.78, 5) is 24.7. The Morgan fingerprint density at radius 2 is 1.20 bits per heavy atom. The molecule has 0 N–H and O–H groups in total. The van der Waals surface area contributed by atoms with Crippen LogP contribution >= 0.6 is 0 Å². The Morgan fingerprint density at radius 3 is 1.64 bits per heavy atom. The predicted molar refractivity (Wildman–Crippen MR) is 97.3 cm³/mol. The summed E-state index contributed by atoms with van der Waals surface area (Å²) >= 11 is 0. The van der Waals surface area contributed by atoms with Gasteiger partial charge in [0.05, 0.1) is 20.2 Å². The molecule has 0 aliphatic carbocycles. The molecule has 0 atom stereocenters. The van der Waals surface area contributed by atoms with Gasteiger partial charge in [-0.3, -0.25) is 9.59 Å². The molecular weight excluding hydrogens is 316 g/mol. The molecule has 0 fully saturated rings. The molecule has 25 heavy (non-hydrogen) atoms. The highest BCUT2D eigenvalue weighted by Crippen LogP contribution is 2.11. The Balaban J connectivity index is 1.83. The maximum Gasteiger partial charge on any atom is 0.316 e. The first-order valence-corrected chi connectivity index (χ1v) is 8.05. The van der Waals surface area contributed by atoms with Crippen LogP contribution in [0.2, 0.25) is 0 Å². The number of methoxy groups -OCH3 is 1. The quantitative estimate of drug-likeness (QED) is 0.673. The standard InChI is InChI=1S/C20H20N2O3/c1-15-3-5-16(6-4-15)13-21-11-12-22(20(24)19(21)23)14-17-7-9-18(25-2)10-8-17/h3-12H,13-14H2,1-2H3. The van der Waals surface area contributed by atoms with Crippen LogP contribution in [-0.4, -0.2) is 16.2 Å². The van der Waals surface area contributed by atoms with E-state index >= 15 is 0 Å². The molecule has 2 aromatic carbocycles. The van der Waals surface area contributed by atoms with Crippen LogP contribution in [0.5, 0.6) is 5.75 Å². The SMILES string of the molecule is COc1ccc(Cn2ccn(Cc3ccc(C)cc3)c(=O)c2=O)cc1. The van der Waals surface area contributed by atoms with E-state index in [1.165, 1.54) is 9.13 Å². The van der Waals surface area contributed by atoms with Gasteiger partial charge in [-0.15, -0.1) is 0 Å². The summed E-state index contributed by atoms with van der Waals surface area (Å²) in [6.07, 6.45) is 3.31. The topological polar surface area (TPSA) is 53.2 Å². The van der Waals surface area contributed by atoms with Gasteiger partial charge in [0.1, 0.15) is 5.75 Å². The highest BCUT2D eigenvalue weighted by atomic mass is 16.5. The molecular formula is C20H20N2O3. The number of benzene rings is 2. The van der Waals surface area contributed by atoms with Crippen molar-refractivity contribution in [3.8, 4) is 5.75 Å². The van der Waals surface area contributed by atoms with Crippen LogP contribution in [0.1, 0.15) is 16.7 Å². The molecule has 0 aliphatic rings. The number of aromatic nitrogens is 2. The van der Waals surface area contributed by atoms with Crippen molar-refractivity contribution in [2.24, 2.45) is 0 Å². The molecule has 0 bridgehead atoms. The summed E-state index contributed by atoms with van der Waals surface area (Å²) in [5, 5.41) is 0. The number of ether oxygens (including phenoxy) is 1. The zero-order valence-electron chi connectivity index (χ0n) is 14.3. The third-order valence-corrected chi connectivity index (χ3v) is 4.12. The number of aryl methyl sites for hydroxylation is 1. The number of hydrogen-bond acceptors (Lipinski definition) is 3. The van der Waals surface area contributed by atoms with Gasteiger partial charge in [0.15, 0.2) is 0 Å². The van der Waals surface area contributed by atoms with Crippen molar-refractivity contribution in [2.75, 3.05) is 7.11 Å². The Kier molecular flexibility index (Phi) is 4.84. The average Bonchev–Trinajstić information content (AvgIpc) is 2.64. The lowest BCUT2D eigenvalue weighted by Crippen LogP contribution is -2.40. The molecule has 0 saturated heterocycles. The molecule has 128 valence electrons. The minimum absolute atomic E-state index is 0.351. The van der Waals surface area contributed by atoms with Crippen molar-refractivity contribution in [2.45, 2.75) is 20.0 Å². The van der Waals surface area contributed by atoms with E-state index in [0.717, 1.165) is 22.4 Å². The molecule has 1 heterocycles. The number of nitrogens with zero attached hydrogens (tertiary/aromatic N) is 2. The first-order chi connectivity index (χ1) is 12.1. The minimum Gasteiger partial charge on any atom is -0.497 e. The van der Waals surface area contributed by atoms with Gasteiger partial charge in [0.25, 0.3) is 0 Å². The number of rotatable bonds is 5. The molecule has 5 nitrogen and oxygen atoms in total. The first-order valence-electron chi connectivity index (χ1n) is 8.05. The molecule has 0 spiro atoms. The van der Waals surface area contributed by atoms with Crippen molar-refractivity contribution in [1.82, 2.24) is 9.13 Å². The van der Waals surface area contributed by atoms with Gasteiger partial charge >= 0.3 is 11.1 Å². The predicted octanol–water partition coefficient (Wildman–Crippen LogP) is 2.42. The number of hydrogen-bond donors (Lipinski definition) is 0. The van der Waals surface area contributed by atoms with Crippen LogP contribution in [0.3, 0.4) is 0 Å². The summed E-state index contributed by atoms with van der Waals surface area (Å²) in [6.45, 7) is 2.75. The second-order valence-electron chi connectivity index (χ2n) is 6.00. The monoisotopic (exact) mass is 336 g/mol. The van der Waals surface area contributed by atoms with E-state index in [9.17, 15) is 9.59 Å². The van der Waals surface area contributed by atoms with Gasteiger partial charge in [0.2, 0.25) is 0 Å². The van der Waals surface area contributed by atoms with Gasteiger partial charge in [-0.05, 0) is 30.2 Å². The van der Waals surface area contributed by atoms with E-state index in [0.29, 0.717) is 13.1 Å². The van der Waals surface area contributed by atoms with E-state index < -0.39 is 11.1 Å². The lowest BCUT2D eigenvalue weighted by Gasteiger charge is -2.10. The third-order valence-electron chi connectivity index (χ3n) is 4.12. The van der Waals surface area contributed by atoms with Crippen molar-refractivity contribution in [3.63, 3.8) is 0 Å². The lowest BCUT2D eigenvalue weighted by atomic mass is 10.1. The van der Waals surface area contributed by atoms with E-state index in [4.69, 9.17) is 4.74 Å². The van der Waals surface area contributed by atoms with Gasteiger partial charge < -0.3 is 13.9 Å². The Labute approximate surface area is 145 Å². The molecule has 0 unspecified atom stereocenters. The first kappa shape index (κ1) is 16.8. The fourth-order valence-corrected chi connectivity index (χ4v) is 2.61. The minimum atomic E-state index is -0.523. The van der Waals surface area contributed by atoms with E-state index in [2.05, 4.69) is 0 Å². The van der Waals surface area contributed by atoms with Crippen LogP contribution in [0.4, 0.5) is 0 Å². The second kappa shape index (κ2) is 7.21. The van der Waals surface area contributed by atoms with Crippen LogP contribution in [-0.2, 0) is 13.1 Å². The van der Waals surface area contributed by atoms with Gasteiger partial charge in [-0.25, -0.2) is 0 Å². The molecule has 0 saturated carbocycles.